The normalized spacial score (nSPS) is 17.1. The van der Waals surface area contributed by atoms with Crippen LogP contribution in [0.15, 0.2) is 24.5 Å². The van der Waals surface area contributed by atoms with E-state index in [1.807, 2.05) is 4.90 Å². The van der Waals surface area contributed by atoms with Crippen LogP contribution in [0.1, 0.15) is 12.8 Å². The number of carbonyl (C=O) groups excluding carboxylic acids is 2. The Kier molecular flexibility index (Phi) is 4.46. The van der Waals surface area contributed by atoms with Crippen molar-refractivity contribution >= 4 is 17.5 Å². The van der Waals surface area contributed by atoms with Crippen molar-refractivity contribution in [1.29, 1.82) is 0 Å². The van der Waals surface area contributed by atoms with Gasteiger partial charge in [-0.15, -0.1) is 0 Å². The third-order valence-electron chi connectivity index (χ3n) is 3.29. The lowest BCUT2D eigenvalue weighted by atomic mass is 9.96. The molecule has 0 aromatic carbocycles. The van der Waals surface area contributed by atoms with Crippen molar-refractivity contribution in [3.05, 3.63) is 24.5 Å². The summed E-state index contributed by atoms with van der Waals surface area (Å²) >= 11 is 0. The Balaban J connectivity index is 1.81. The van der Waals surface area contributed by atoms with Crippen molar-refractivity contribution in [3.63, 3.8) is 0 Å². The maximum Gasteiger partial charge on any atom is 0.231 e. The number of nitrogens with zero attached hydrogens (tertiary/aromatic N) is 2. The lowest BCUT2D eigenvalue weighted by molar-refractivity contribution is -0.122. The van der Waals surface area contributed by atoms with E-state index >= 15 is 0 Å². The predicted octanol–water partition coefficient (Wildman–Crippen LogP) is 0.217. The standard InChI is InChI=1S/C13H18N4O2/c14-12(18)9-17-7-3-10(4-8-17)13(19)16-11-1-5-15-6-2-11/h1-2,5-6,10H,3-4,7-9H2,(H2,14,18)(H,15,16,19). The van der Waals surface area contributed by atoms with Crippen molar-refractivity contribution in [2.24, 2.45) is 11.7 Å². The van der Waals surface area contributed by atoms with E-state index in [1.165, 1.54) is 0 Å². The molecule has 6 nitrogen and oxygen atoms in total. The lowest BCUT2D eigenvalue weighted by Gasteiger charge is -2.30. The quantitative estimate of drug-likeness (QED) is 0.812. The van der Waals surface area contributed by atoms with Gasteiger partial charge in [-0.2, -0.15) is 0 Å². The molecular weight excluding hydrogens is 244 g/mol. The molecule has 19 heavy (non-hydrogen) atoms. The van der Waals surface area contributed by atoms with Crippen molar-refractivity contribution in [2.75, 3.05) is 25.0 Å². The Morgan fingerprint density at radius 2 is 1.95 bits per heavy atom. The van der Waals surface area contributed by atoms with Gasteiger partial charge in [-0.05, 0) is 38.1 Å². The molecular formula is C13H18N4O2. The zero-order chi connectivity index (χ0) is 13.7. The molecule has 1 aromatic heterocycles. The highest BCUT2D eigenvalue weighted by molar-refractivity contribution is 5.92. The monoisotopic (exact) mass is 262 g/mol. The van der Waals surface area contributed by atoms with E-state index in [-0.39, 0.29) is 24.3 Å². The second kappa shape index (κ2) is 6.29. The summed E-state index contributed by atoms with van der Waals surface area (Å²) in [4.78, 5) is 28.8. The Morgan fingerprint density at radius 1 is 1.32 bits per heavy atom. The summed E-state index contributed by atoms with van der Waals surface area (Å²) < 4.78 is 0. The van der Waals surface area contributed by atoms with Crippen molar-refractivity contribution in [1.82, 2.24) is 9.88 Å². The van der Waals surface area contributed by atoms with Gasteiger partial charge in [0.05, 0.1) is 6.54 Å². The summed E-state index contributed by atoms with van der Waals surface area (Å²) in [7, 11) is 0. The van der Waals surface area contributed by atoms with Gasteiger partial charge in [0.25, 0.3) is 0 Å². The summed E-state index contributed by atoms with van der Waals surface area (Å²) in [6.45, 7) is 1.74. The van der Waals surface area contributed by atoms with Crippen molar-refractivity contribution < 1.29 is 9.59 Å². The van der Waals surface area contributed by atoms with Crippen molar-refractivity contribution in [2.45, 2.75) is 12.8 Å². The van der Waals surface area contributed by atoms with E-state index in [2.05, 4.69) is 10.3 Å². The maximum absolute atomic E-state index is 12.1. The number of nitrogens with two attached hydrogens (primary N) is 1. The molecule has 3 N–H and O–H groups in total. The molecule has 1 saturated heterocycles. The van der Waals surface area contributed by atoms with E-state index in [0.29, 0.717) is 0 Å². The summed E-state index contributed by atoms with van der Waals surface area (Å²) in [5.74, 6) is -0.290. The number of rotatable bonds is 4. The number of primary amides is 1. The zero-order valence-corrected chi connectivity index (χ0v) is 10.7. The molecule has 0 spiro atoms. The molecule has 0 radical (unpaired) electrons. The number of piperidine rings is 1. The summed E-state index contributed by atoms with van der Waals surface area (Å²) in [5.41, 5.74) is 5.92. The number of pyridine rings is 1. The molecule has 102 valence electrons. The number of likely N-dealkylation sites (tertiary alicyclic amines) is 1. The topological polar surface area (TPSA) is 88.3 Å². The molecule has 1 aliphatic heterocycles. The third-order valence-corrected chi connectivity index (χ3v) is 3.29. The van der Waals surface area contributed by atoms with E-state index in [0.717, 1.165) is 31.6 Å². The molecule has 0 saturated carbocycles. The average Bonchev–Trinajstić information content (AvgIpc) is 2.40. The largest absolute Gasteiger partial charge is 0.369 e. The minimum Gasteiger partial charge on any atom is -0.369 e. The highest BCUT2D eigenvalue weighted by Crippen LogP contribution is 2.18. The smallest absolute Gasteiger partial charge is 0.231 e. The van der Waals surface area contributed by atoms with Crippen LogP contribution in [0.5, 0.6) is 0 Å². The van der Waals surface area contributed by atoms with Crippen LogP contribution in [-0.2, 0) is 9.59 Å². The molecule has 0 atom stereocenters. The highest BCUT2D eigenvalue weighted by Gasteiger charge is 2.25. The SMILES string of the molecule is NC(=O)CN1CCC(C(=O)Nc2ccncc2)CC1. The summed E-state index contributed by atoms with van der Waals surface area (Å²) in [5, 5.41) is 2.88. The van der Waals surface area contributed by atoms with Crippen LogP contribution in [0, 0.1) is 5.92 Å². The van der Waals surface area contributed by atoms with Crippen LogP contribution in [0.2, 0.25) is 0 Å². The first-order valence-corrected chi connectivity index (χ1v) is 6.36. The molecule has 0 unspecified atom stereocenters. The Labute approximate surface area is 112 Å². The number of nitrogens with one attached hydrogen (secondary N) is 1. The van der Waals surface area contributed by atoms with Gasteiger partial charge in [-0.3, -0.25) is 19.5 Å². The van der Waals surface area contributed by atoms with Gasteiger partial charge in [0.1, 0.15) is 0 Å². The average molecular weight is 262 g/mol. The first-order valence-electron chi connectivity index (χ1n) is 6.36. The van der Waals surface area contributed by atoms with E-state index in [9.17, 15) is 9.59 Å². The second-order valence-electron chi connectivity index (χ2n) is 4.74. The minimum atomic E-state index is -0.320. The highest BCUT2D eigenvalue weighted by atomic mass is 16.2. The molecule has 1 fully saturated rings. The summed E-state index contributed by atoms with van der Waals surface area (Å²) in [6, 6.07) is 3.53. The first kappa shape index (κ1) is 13.5. The van der Waals surface area contributed by atoms with Gasteiger partial charge in [0.15, 0.2) is 0 Å². The van der Waals surface area contributed by atoms with Gasteiger partial charge in [-0.25, -0.2) is 0 Å². The molecule has 2 amide bonds. The van der Waals surface area contributed by atoms with Gasteiger partial charge in [0, 0.05) is 24.0 Å². The van der Waals surface area contributed by atoms with Crippen molar-refractivity contribution in [3.8, 4) is 0 Å². The first-order chi connectivity index (χ1) is 9.15. The molecule has 0 bridgehead atoms. The van der Waals surface area contributed by atoms with Crippen LogP contribution in [0.25, 0.3) is 0 Å². The Bertz CT molecular complexity index is 441. The molecule has 0 aliphatic carbocycles. The lowest BCUT2D eigenvalue weighted by Crippen LogP contribution is -2.42. The van der Waals surface area contributed by atoms with Gasteiger partial charge in [-0.1, -0.05) is 0 Å². The number of anilines is 1. The number of hydrogen-bond donors (Lipinski definition) is 2. The number of aromatic nitrogens is 1. The number of amides is 2. The second-order valence-corrected chi connectivity index (χ2v) is 4.74. The summed E-state index contributed by atoms with van der Waals surface area (Å²) in [6.07, 6.45) is 4.80. The fourth-order valence-corrected chi connectivity index (χ4v) is 2.25. The predicted molar refractivity (Wildman–Crippen MR) is 71.2 cm³/mol. The fraction of sp³-hybridized carbons (Fsp3) is 0.462. The van der Waals surface area contributed by atoms with E-state index in [1.54, 1.807) is 24.5 Å². The minimum absolute atomic E-state index is 0.00251. The van der Waals surface area contributed by atoms with Crippen LogP contribution < -0.4 is 11.1 Å². The molecule has 6 heteroatoms. The molecule has 1 aliphatic rings. The van der Waals surface area contributed by atoms with E-state index in [4.69, 9.17) is 5.73 Å². The van der Waals surface area contributed by atoms with Gasteiger partial charge < -0.3 is 11.1 Å². The molecule has 2 rings (SSSR count). The fourth-order valence-electron chi connectivity index (χ4n) is 2.25. The number of hydrogen-bond acceptors (Lipinski definition) is 4. The van der Waals surface area contributed by atoms with Crippen LogP contribution >= 0.6 is 0 Å². The van der Waals surface area contributed by atoms with Crippen LogP contribution in [-0.4, -0.2) is 41.3 Å². The molecule has 2 heterocycles. The van der Waals surface area contributed by atoms with Crippen LogP contribution in [0.3, 0.4) is 0 Å². The number of carbonyl (C=O) groups is 2. The Hall–Kier alpha value is -1.95. The van der Waals surface area contributed by atoms with Gasteiger partial charge >= 0.3 is 0 Å². The van der Waals surface area contributed by atoms with Gasteiger partial charge in [0.2, 0.25) is 11.8 Å². The van der Waals surface area contributed by atoms with E-state index < -0.39 is 0 Å². The Morgan fingerprint density at radius 3 is 2.53 bits per heavy atom. The zero-order valence-electron chi connectivity index (χ0n) is 10.7. The maximum atomic E-state index is 12.1. The third kappa shape index (κ3) is 4.03. The molecule has 1 aromatic rings. The van der Waals surface area contributed by atoms with Crippen LogP contribution in [0.4, 0.5) is 5.69 Å².